The van der Waals surface area contributed by atoms with Crippen molar-refractivity contribution >= 4 is 17.6 Å². The van der Waals surface area contributed by atoms with Gasteiger partial charge in [0.2, 0.25) is 0 Å². The second-order valence-corrected chi connectivity index (χ2v) is 5.72. The third kappa shape index (κ3) is 3.72. The van der Waals surface area contributed by atoms with E-state index < -0.39 is 0 Å². The lowest BCUT2D eigenvalue weighted by Gasteiger charge is -2.37. The molecule has 3 N–H and O–H groups in total. The van der Waals surface area contributed by atoms with Crippen molar-refractivity contribution < 1.29 is 14.3 Å². The number of anilines is 1. The summed E-state index contributed by atoms with van der Waals surface area (Å²) in [5.74, 6) is -0.183. The number of hydrogen-bond acceptors (Lipinski definition) is 3. The second kappa shape index (κ2) is 6.13. The molecule has 3 amide bonds. The zero-order valence-corrected chi connectivity index (χ0v) is 12.6. The number of carbonyl (C=O) groups excluding carboxylic acids is 2. The Bertz CT molecular complexity index is 553. The third-order valence-electron chi connectivity index (χ3n) is 3.55. The van der Waals surface area contributed by atoms with Gasteiger partial charge >= 0.3 is 6.03 Å². The zero-order chi connectivity index (χ0) is 15.5. The summed E-state index contributed by atoms with van der Waals surface area (Å²) in [4.78, 5) is 23.6. The average molecular weight is 291 g/mol. The van der Waals surface area contributed by atoms with Crippen LogP contribution >= 0.6 is 0 Å². The Morgan fingerprint density at radius 2 is 2.05 bits per heavy atom. The zero-order valence-electron chi connectivity index (χ0n) is 12.6. The first-order valence-corrected chi connectivity index (χ1v) is 6.89. The van der Waals surface area contributed by atoms with E-state index in [0.717, 1.165) is 5.56 Å². The SMILES string of the molecule is CNC(=O)c1ccc(C)c(NC(=O)NCC2(C)COC2)c1. The molecule has 1 heterocycles. The van der Waals surface area contributed by atoms with Crippen LogP contribution in [0.1, 0.15) is 22.8 Å². The van der Waals surface area contributed by atoms with E-state index in [1.54, 1.807) is 25.2 Å². The molecule has 21 heavy (non-hydrogen) atoms. The highest BCUT2D eigenvalue weighted by molar-refractivity contribution is 5.97. The average Bonchev–Trinajstić information content (AvgIpc) is 2.44. The minimum atomic E-state index is -0.278. The van der Waals surface area contributed by atoms with Crippen LogP contribution < -0.4 is 16.0 Å². The fourth-order valence-electron chi connectivity index (χ4n) is 2.06. The monoisotopic (exact) mass is 291 g/mol. The maximum Gasteiger partial charge on any atom is 0.319 e. The molecule has 0 spiro atoms. The first kappa shape index (κ1) is 15.3. The quantitative estimate of drug-likeness (QED) is 0.787. The number of amides is 3. The van der Waals surface area contributed by atoms with Crippen LogP contribution in [-0.2, 0) is 4.74 Å². The van der Waals surface area contributed by atoms with E-state index in [2.05, 4.69) is 22.9 Å². The van der Waals surface area contributed by atoms with Crippen LogP contribution in [0, 0.1) is 12.3 Å². The number of hydrogen-bond donors (Lipinski definition) is 3. The molecule has 2 rings (SSSR count). The fourth-order valence-corrected chi connectivity index (χ4v) is 2.06. The van der Waals surface area contributed by atoms with Gasteiger partial charge in [-0.1, -0.05) is 13.0 Å². The number of nitrogens with one attached hydrogen (secondary N) is 3. The van der Waals surface area contributed by atoms with Gasteiger partial charge in [-0.05, 0) is 24.6 Å². The Morgan fingerprint density at radius 3 is 2.62 bits per heavy atom. The smallest absolute Gasteiger partial charge is 0.319 e. The van der Waals surface area contributed by atoms with Crippen molar-refractivity contribution in [1.82, 2.24) is 10.6 Å². The number of aryl methyl sites for hydroxylation is 1. The van der Waals surface area contributed by atoms with Crippen LogP contribution in [0.25, 0.3) is 0 Å². The summed E-state index contributed by atoms with van der Waals surface area (Å²) in [5.41, 5.74) is 2.06. The van der Waals surface area contributed by atoms with E-state index in [-0.39, 0.29) is 17.4 Å². The molecule has 1 fully saturated rings. The number of urea groups is 1. The minimum absolute atomic E-state index is 0.0241. The molecule has 6 heteroatoms. The van der Waals surface area contributed by atoms with Crippen LogP contribution in [0.4, 0.5) is 10.5 Å². The van der Waals surface area contributed by atoms with Crippen molar-refractivity contribution in [2.75, 3.05) is 32.1 Å². The lowest BCUT2D eigenvalue weighted by atomic mass is 9.89. The molecule has 114 valence electrons. The molecule has 0 aliphatic carbocycles. The van der Waals surface area contributed by atoms with Crippen LogP contribution in [0.5, 0.6) is 0 Å². The third-order valence-corrected chi connectivity index (χ3v) is 3.55. The molecule has 1 aliphatic heterocycles. The molecule has 1 aromatic carbocycles. The van der Waals surface area contributed by atoms with E-state index in [1.165, 1.54) is 0 Å². The summed E-state index contributed by atoms with van der Waals surface area (Å²) in [5, 5.41) is 8.17. The van der Waals surface area contributed by atoms with Gasteiger partial charge in [0.15, 0.2) is 0 Å². The molecule has 0 atom stereocenters. The minimum Gasteiger partial charge on any atom is -0.380 e. The van der Waals surface area contributed by atoms with Crippen LogP contribution in [0.3, 0.4) is 0 Å². The summed E-state index contributed by atoms with van der Waals surface area (Å²) < 4.78 is 5.15. The Hall–Kier alpha value is -2.08. The van der Waals surface area contributed by atoms with Gasteiger partial charge in [-0.2, -0.15) is 0 Å². The summed E-state index contributed by atoms with van der Waals surface area (Å²) in [6.07, 6.45) is 0. The van der Waals surface area contributed by atoms with Gasteiger partial charge < -0.3 is 20.7 Å². The van der Waals surface area contributed by atoms with Gasteiger partial charge in [-0.25, -0.2) is 4.79 Å². The van der Waals surface area contributed by atoms with Gasteiger partial charge in [0.25, 0.3) is 5.91 Å². The summed E-state index contributed by atoms with van der Waals surface area (Å²) in [6, 6.07) is 4.92. The molecular formula is C15H21N3O3. The van der Waals surface area contributed by atoms with E-state index in [0.29, 0.717) is 31.0 Å². The predicted molar refractivity (Wildman–Crippen MR) is 80.5 cm³/mol. The summed E-state index contributed by atoms with van der Waals surface area (Å²) >= 11 is 0. The molecular weight excluding hydrogens is 270 g/mol. The number of carbonyl (C=O) groups is 2. The molecule has 6 nitrogen and oxygen atoms in total. The highest BCUT2D eigenvalue weighted by Gasteiger charge is 2.33. The molecule has 1 aromatic rings. The lowest BCUT2D eigenvalue weighted by molar-refractivity contribution is -0.0974. The number of rotatable bonds is 4. The maximum atomic E-state index is 11.9. The fraction of sp³-hybridized carbons (Fsp3) is 0.467. The molecule has 0 unspecified atom stereocenters. The van der Waals surface area contributed by atoms with Gasteiger partial charge in [0.1, 0.15) is 0 Å². The van der Waals surface area contributed by atoms with E-state index in [1.807, 2.05) is 6.92 Å². The van der Waals surface area contributed by atoms with Gasteiger partial charge in [0.05, 0.1) is 13.2 Å². The molecule has 0 aromatic heterocycles. The predicted octanol–water partition coefficient (Wildman–Crippen LogP) is 1.51. The molecule has 0 saturated carbocycles. The first-order valence-electron chi connectivity index (χ1n) is 6.89. The Kier molecular flexibility index (Phi) is 4.47. The highest BCUT2D eigenvalue weighted by atomic mass is 16.5. The summed E-state index contributed by atoms with van der Waals surface area (Å²) in [6.45, 7) is 5.84. The number of benzene rings is 1. The van der Waals surface area contributed by atoms with Crippen molar-refractivity contribution in [2.24, 2.45) is 5.41 Å². The molecule has 0 radical (unpaired) electrons. The van der Waals surface area contributed by atoms with Gasteiger partial charge in [-0.3, -0.25) is 4.79 Å². The Morgan fingerprint density at radius 1 is 1.33 bits per heavy atom. The Balaban J connectivity index is 1.97. The largest absolute Gasteiger partial charge is 0.380 e. The topological polar surface area (TPSA) is 79.5 Å². The lowest BCUT2D eigenvalue weighted by Crippen LogP contribution is -2.49. The van der Waals surface area contributed by atoms with E-state index in [4.69, 9.17) is 4.74 Å². The standard InChI is InChI=1S/C15H21N3O3/c1-10-4-5-11(13(19)16-3)6-12(10)18-14(20)17-7-15(2)8-21-9-15/h4-6H,7-9H2,1-3H3,(H,16,19)(H2,17,18,20). The van der Waals surface area contributed by atoms with E-state index in [9.17, 15) is 9.59 Å². The normalized spacial score (nSPS) is 15.8. The molecule has 1 saturated heterocycles. The van der Waals surface area contributed by atoms with Crippen molar-refractivity contribution in [3.63, 3.8) is 0 Å². The first-order chi connectivity index (χ1) is 9.93. The maximum absolute atomic E-state index is 11.9. The number of ether oxygens (including phenoxy) is 1. The van der Waals surface area contributed by atoms with Crippen molar-refractivity contribution in [1.29, 1.82) is 0 Å². The van der Waals surface area contributed by atoms with Crippen LogP contribution in [0.2, 0.25) is 0 Å². The second-order valence-electron chi connectivity index (χ2n) is 5.72. The highest BCUT2D eigenvalue weighted by Crippen LogP contribution is 2.25. The summed E-state index contributed by atoms with van der Waals surface area (Å²) in [7, 11) is 1.57. The van der Waals surface area contributed by atoms with Crippen molar-refractivity contribution in [3.05, 3.63) is 29.3 Å². The van der Waals surface area contributed by atoms with Crippen molar-refractivity contribution in [2.45, 2.75) is 13.8 Å². The van der Waals surface area contributed by atoms with Crippen molar-refractivity contribution in [3.8, 4) is 0 Å². The molecule has 1 aliphatic rings. The van der Waals surface area contributed by atoms with Gasteiger partial charge in [-0.15, -0.1) is 0 Å². The van der Waals surface area contributed by atoms with Crippen LogP contribution in [0.15, 0.2) is 18.2 Å². The van der Waals surface area contributed by atoms with E-state index >= 15 is 0 Å². The van der Waals surface area contributed by atoms with Crippen LogP contribution in [-0.4, -0.2) is 38.7 Å². The molecule has 0 bridgehead atoms. The Labute approximate surface area is 124 Å². The van der Waals surface area contributed by atoms with Gasteiger partial charge in [0, 0.05) is 30.3 Å².